The lowest BCUT2D eigenvalue weighted by atomic mass is 10.0. The highest BCUT2D eigenvalue weighted by molar-refractivity contribution is 7.63. The Morgan fingerprint density at radius 2 is 0.803 bits per heavy atom. The predicted octanol–water partition coefficient (Wildman–Crippen LogP) is 9.25. The SMILES string of the molecule is COc1ccc(-c2ccc(OC)c(N(C)P(=NC(C)(C)C)(N(C)C)N(C)C)c2)cc1.COc1ccc(-c2ccc(OC)c(N(C)P(=[NH+]C(C)(C)C)(N(C)C)N(C)C)c2)cc1.[OH-]. The van der Waals surface area contributed by atoms with Crippen molar-refractivity contribution in [2.75, 3.05) is 108 Å². The van der Waals surface area contributed by atoms with Crippen LogP contribution in [0.2, 0.25) is 0 Å². The Morgan fingerprint density at radius 3 is 1.08 bits per heavy atom. The first-order chi connectivity index (χ1) is 27.9. The molecule has 0 saturated carbocycles. The van der Waals surface area contributed by atoms with Crippen LogP contribution in [-0.2, 0) is 0 Å². The molecule has 0 atom stereocenters. The third kappa shape index (κ3) is 12.5. The maximum Gasteiger partial charge on any atom is 0.335 e. The molecule has 61 heavy (non-hydrogen) atoms. The minimum absolute atomic E-state index is 0. The molecule has 0 heterocycles. The van der Waals surface area contributed by atoms with Gasteiger partial charge in [-0.2, -0.15) is 0 Å². The van der Waals surface area contributed by atoms with E-state index in [4.69, 9.17) is 23.7 Å². The Morgan fingerprint density at radius 1 is 0.459 bits per heavy atom. The number of hydrogen-bond donors (Lipinski definition) is 1. The van der Waals surface area contributed by atoms with Gasteiger partial charge in [-0.05, 0) is 169 Å². The Hall–Kier alpha value is -4.06. The lowest BCUT2D eigenvalue weighted by molar-refractivity contribution is -0.524. The van der Waals surface area contributed by atoms with E-state index in [0.717, 1.165) is 56.6 Å². The topological polar surface area (TPSA) is 113 Å². The molecule has 0 fully saturated rings. The molecule has 0 aliphatic heterocycles. The standard InChI is InChI=1S/2C23H37N4O2P.H2O/c2*1-23(2,3)24-30(25(4)5,26(6)7)27(8)21-17-19(13-16-22(21)29-10)18-11-14-20(28-9)15-12-18;/h2*11-17H,1-10H3;1H2. The predicted molar refractivity (Wildman–Crippen MR) is 260 cm³/mol. The third-order valence-electron chi connectivity index (χ3n) is 9.83. The van der Waals surface area contributed by atoms with E-state index in [9.17, 15) is 0 Å². The minimum atomic E-state index is -2.21. The summed E-state index contributed by atoms with van der Waals surface area (Å²) < 4.78 is 45.0. The lowest BCUT2D eigenvalue weighted by Crippen LogP contribution is -2.83. The van der Waals surface area contributed by atoms with Gasteiger partial charge in [0, 0.05) is 14.1 Å². The lowest BCUT2D eigenvalue weighted by Gasteiger charge is -2.45. The molecule has 0 aliphatic carbocycles. The zero-order chi connectivity index (χ0) is 45.4. The first-order valence-corrected chi connectivity index (χ1v) is 23.3. The smallest absolute Gasteiger partial charge is 0.335 e. The van der Waals surface area contributed by atoms with Crippen molar-refractivity contribution in [1.82, 2.24) is 18.7 Å². The Bertz CT molecular complexity index is 1940. The van der Waals surface area contributed by atoms with Crippen LogP contribution in [0.1, 0.15) is 41.5 Å². The van der Waals surface area contributed by atoms with Crippen LogP contribution in [0.4, 0.5) is 11.4 Å². The van der Waals surface area contributed by atoms with Crippen LogP contribution in [0.25, 0.3) is 22.3 Å². The van der Waals surface area contributed by atoms with Gasteiger partial charge >= 0.3 is 7.51 Å². The zero-order valence-electron chi connectivity index (χ0n) is 40.7. The van der Waals surface area contributed by atoms with Crippen molar-refractivity contribution in [2.45, 2.75) is 52.6 Å². The molecule has 13 nitrogen and oxygen atoms in total. The van der Waals surface area contributed by atoms with Gasteiger partial charge < -0.3 is 29.1 Å². The zero-order valence-corrected chi connectivity index (χ0v) is 42.5. The highest BCUT2D eigenvalue weighted by atomic mass is 31.2. The van der Waals surface area contributed by atoms with Crippen LogP contribution in [0, 0.1) is 0 Å². The summed E-state index contributed by atoms with van der Waals surface area (Å²) in [7, 11) is 23.6. The van der Waals surface area contributed by atoms with Crippen LogP contribution in [0.5, 0.6) is 23.0 Å². The molecule has 0 spiro atoms. The van der Waals surface area contributed by atoms with E-state index in [1.54, 1.807) is 28.4 Å². The summed E-state index contributed by atoms with van der Waals surface area (Å²) in [6.45, 7) is 13.0. The fourth-order valence-corrected chi connectivity index (χ4v) is 14.5. The number of nitrogens with one attached hydrogen (secondary N) is 1. The normalized spacial score (nSPS) is 12.1. The Kier molecular flexibility index (Phi) is 19.0. The molecule has 4 aromatic carbocycles. The fraction of sp³-hybridized carbons (Fsp3) is 0.478. The van der Waals surface area contributed by atoms with Gasteiger partial charge in [-0.1, -0.05) is 36.4 Å². The molecule has 0 aliphatic rings. The van der Waals surface area contributed by atoms with E-state index in [0.29, 0.717) is 0 Å². The molecular formula is C46H76N8O5P2. The van der Waals surface area contributed by atoms with Gasteiger partial charge in [0.2, 0.25) is 0 Å². The maximum atomic E-state index is 5.77. The van der Waals surface area contributed by atoms with Crippen molar-refractivity contribution in [2.24, 2.45) is 4.74 Å². The number of ether oxygens (including phenoxy) is 4. The van der Waals surface area contributed by atoms with E-state index in [2.05, 4.69) is 193 Å². The Balaban J connectivity index is 0.000000413. The highest BCUT2D eigenvalue weighted by Crippen LogP contribution is 2.60. The van der Waals surface area contributed by atoms with Crippen LogP contribution < -0.4 is 33.0 Å². The molecule has 0 saturated heterocycles. The van der Waals surface area contributed by atoms with Crippen molar-refractivity contribution >= 4 is 26.4 Å². The van der Waals surface area contributed by atoms with Crippen LogP contribution in [0.15, 0.2) is 89.7 Å². The van der Waals surface area contributed by atoms with Gasteiger partial charge in [0.1, 0.15) is 23.0 Å². The van der Waals surface area contributed by atoms with Crippen LogP contribution in [-0.4, -0.2) is 134 Å². The number of rotatable bonds is 14. The first kappa shape index (κ1) is 53.1. The van der Waals surface area contributed by atoms with Crippen molar-refractivity contribution in [3.8, 4) is 45.3 Å². The molecule has 2 N–H and O–H groups in total. The van der Waals surface area contributed by atoms with Crippen molar-refractivity contribution in [3.05, 3.63) is 84.9 Å². The molecule has 0 aromatic heterocycles. The summed E-state index contributed by atoms with van der Waals surface area (Å²) >= 11 is 0. The summed E-state index contributed by atoms with van der Waals surface area (Å²) in [6.07, 6.45) is 0. The summed E-state index contributed by atoms with van der Waals surface area (Å²) in [5, 5.41) is 0. The van der Waals surface area contributed by atoms with Gasteiger partial charge in [0.05, 0.1) is 45.4 Å². The van der Waals surface area contributed by atoms with E-state index >= 15 is 0 Å². The third-order valence-corrected chi connectivity index (χ3v) is 18.1. The van der Waals surface area contributed by atoms with E-state index in [1.807, 2.05) is 36.4 Å². The molecule has 0 radical (unpaired) electrons. The molecule has 4 rings (SSSR count). The summed E-state index contributed by atoms with van der Waals surface area (Å²) in [5.41, 5.74) is 6.29. The molecule has 340 valence electrons. The van der Waals surface area contributed by atoms with Crippen LogP contribution >= 0.6 is 15.0 Å². The monoisotopic (exact) mass is 883 g/mol. The Labute approximate surface area is 368 Å². The highest BCUT2D eigenvalue weighted by Gasteiger charge is 2.41. The van der Waals surface area contributed by atoms with Gasteiger partial charge in [-0.15, -0.1) is 0 Å². The second-order valence-corrected chi connectivity index (χ2v) is 24.4. The number of anilines is 2. The van der Waals surface area contributed by atoms with Crippen LogP contribution in [0.3, 0.4) is 0 Å². The fourth-order valence-electron chi connectivity index (χ4n) is 7.27. The van der Waals surface area contributed by atoms with Crippen molar-refractivity contribution in [3.63, 3.8) is 0 Å². The second kappa shape index (κ2) is 21.8. The van der Waals surface area contributed by atoms with E-state index in [-0.39, 0.29) is 16.6 Å². The number of methoxy groups -OCH3 is 4. The van der Waals surface area contributed by atoms with Gasteiger partial charge in [-0.25, -0.2) is 23.4 Å². The molecule has 15 heteroatoms. The summed E-state index contributed by atoms with van der Waals surface area (Å²) in [6, 6.07) is 28.9. The average Bonchev–Trinajstić information content (AvgIpc) is 3.20. The first-order valence-electron chi connectivity index (χ1n) is 20.1. The van der Waals surface area contributed by atoms with Crippen molar-refractivity contribution < 1.29 is 29.2 Å². The molecular weight excluding hydrogens is 807 g/mol. The average molecular weight is 883 g/mol. The number of hydrogen-bond acceptors (Lipinski definition) is 6. The molecule has 0 amide bonds. The van der Waals surface area contributed by atoms with E-state index < -0.39 is 15.0 Å². The summed E-state index contributed by atoms with van der Waals surface area (Å²) in [5.74, 6) is 3.37. The van der Waals surface area contributed by atoms with Crippen molar-refractivity contribution in [1.29, 1.82) is 0 Å². The van der Waals surface area contributed by atoms with Gasteiger partial charge in [0.15, 0.2) is 13.0 Å². The van der Waals surface area contributed by atoms with Gasteiger partial charge in [-0.3, -0.25) is 9.42 Å². The minimum Gasteiger partial charge on any atom is -0.870 e. The molecule has 0 unspecified atom stereocenters. The summed E-state index contributed by atoms with van der Waals surface area (Å²) in [4.78, 5) is 0. The van der Waals surface area contributed by atoms with E-state index in [1.165, 1.54) is 0 Å². The maximum absolute atomic E-state index is 5.77. The molecule has 0 bridgehead atoms. The largest absolute Gasteiger partial charge is 0.870 e. The molecule has 4 aromatic rings. The quantitative estimate of drug-likeness (QED) is 0.122. The number of nitrogens with zero attached hydrogens (tertiary/aromatic N) is 7. The van der Waals surface area contributed by atoms with Gasteiger partial charge in [0.25, 0.3) is 0 Å². The second-order valence-electron chi connectivity index (χ2n) is 17.4. The number of benzene rings is 4.